The second-order valence-electron chi connectivity index (χ2n) is 16.9. The molecule has 0 aromatic heterocycles. The van der Waals surface area contributed by atoms with Gasteiger partial charge in [0.1, 0.15) is 0 Å². The quantitative estimate of drug-likeness (QED) is 0.145. The van der Waals surface area contributed by atoms with Crippen molar-refractivity contribution in [3.05, 3.63) is 259 Å². The van der Waals surface area contributed by atoms with Crippen LogP contribution in [0.15, 0.2) is 243 Å². The molecule has 1 aliphatic carbocycles. The minimum atomic E-state index is -0.333. The normalized spacial score (nSPS) is 14.2. The first kappa shape index (κ1) is 36.8. The lowest BCUT2D eigenvalue weighted by Crippen LogP contribution is -2.22. The first-order valence-electron chi connectivity index (χ1n) is 21.9. The van der Waals surface area contributed by atoms with Crippen molar-refractivity contribution < 1.29 is 0 Å². The van der Waals surface area contributed by atoms with Crippen molar-refractivity contribution in [2.45, 2.75) is 12.3 Å². The van der Waals surface area contributed by atoms with Crippen LogP contribution in [0.5, 0.6) is 0 Å². The van der Waals surface area contributed by atoms with Crippen LogP contribution in [-0.4, -0.2) is 0 Å². The van der Waals surface area contributed by atoms with E-state index in [2.05, 4.69) is 254 Å². The molecule has 0 saturated heterocycles. The molecule has 1 aliphatic rings. The summed E-state index contributed by atoms with van der Waals surface area (Å²) in [6.07, 6.45) is 0. The number of rotatable bonds is 7. The van der Waals surface area contributed by atoms with Crippen LogP contribution in [0.4, 0.5) is 17.1 Å². The van der Waals surface area contributed by atoms with Gasteiger partial charge in [0, 0.05) is 22.4 Å². The number of anilines is 3. The summed E-state index contributed by atoms with van der Waals surface area (Å²) in [6, 6.07) is 89.4. The molecule has 0 bridgehead atoms. The molecule has 0 heterocycles. The molecule has 0 spiro atoms. The molecule has 11 aromatic rings. The zero-order chi connectivity index (χ0) is 41.9. The molecule has 0 fully saturated rings. The molecule has 11 aromatic carbocycles. The standard InChI is InChI=1S/C62H43N/c1-62(46-25-9-4-10-26-46)56-32-16-15-30-54(56)61-57(62)33-18-34-58(61)63(47-37-35-43(36-38-47)50-31-17-24-42-19-11-12-27-49(42)50)48-39-40-52-51-28-13-14-29-53(51)59(44-20-5-2-6-21-44)60(55(52)41-48)45-22-7-3-8-23-45/h2-41H,1H3. The van der Waals surface area contributed by atoms with Crippen molar-refractivity contribution in [2.75, 3.05) is 4.90 Å². The van der Waals surface area contributed by atoms with E-state index < -0.39 is 0 Å². The fourth-order valence-electron chi connectivity index (χ4n) is 10.6. The molecule has 0 aliphatic heterocycles. The Kier molecular flexibility index (Phi) is 8.69. The van der Waals surface area contributed by atoms with Crippen LogP contribution < -0.4 is 4.90 Å². The maximum atomic E-state index is 2.50. The lowest BCUT2D eigenvalue weighted by molar-refractivity contribution is 0.714. The van der Waals surface area contributed by atoms with Gasteiger partial charge in [-0.1, -0.05) is 212 Å². The van der Waals surface area contributed by atoms with Gasteiger partial charge in [-0.2, -0.15) is 0 Å². The fraction of sp³-hybridized carbons (Fsp3) is 0.0323. The molecule has 12 rings (SSSR count). The van der Waals surface area contributed by atoms with Gasteiger partial charge in [-0.3, -0.25) is 0 Å². The first-order chi connectivity index (χ1) is 31.2. The lowest BCUT2D eigenvalue weighted by Gasteiger charge is -2.31. The van der Waals surface area contributed by atoms with Crippen molar-refractivity contribution in [3.63, 3.8) is 0 Å². The van der Waals surface area contributed by atoms with Crippen LogP contribution in [0.25, 0.3) is 76.8 Å². The van der Waals surface area contributed by atoms with E-state index >= 15 is 0 Å². The van der Waals surface area contributed by atoms with Gasteiger partial charge in [0.05, 0.1) is 5.69 Å². The van der Waals surface area contributed by atoms with Gasteiger partial charge in [-0.15, -0.1) is 0 Å². The highest BCUT2D eigenvalue weighted by Crippen LogP contribution is 2.57. The Balaban J connectivity index is 1.15. The van der Waals surface area contributed by atoms with Gasteiger partial charge >= 0.3 is 0 Å². The highest BCUT2D eigenvalue weighted by Gasteiger charge is 2.42. The highest BCUT2D eigenvalue weighted by molar-refractivity contribution is 6.22. The van der Waals surface area contributed by atoms with Crippen LogP contribution in [0.2, 0.25) is 0 Å². The summed E-state index contributed by atoms with van der Waals surface area (Å²) in [5.41, 5.74) is 16.8. The minimum absolute atomic E-state index is 0.333. The zero-order valence-electron chi connectivity index (χ0n) is 35.0. The van der Waals surface area contributed by atoms with E-state index in [9.17, 15) is 0 Å². The number of fused-ring (bicyclic) bond motifs is 7. The van der Waals surface area contributed by atoms with E-state index in [1.165, 1.54) is 93.5 Å². The molecule has 0 saturated carbocycles. The molecule has 296 valence electrons. The number of hydrogen-bond donors (Lipinski definition) is 0. The third kappa shape index (κ3) is 5.85. The Hall–Kier alpha value is -8.00. The third-order valence-electron chi connectivity index (χ3n) is 13.5. The first-order valence-corrected chi connectivity index (χ1v) is 21.9. The average molecular weight is 802 g/mol. The van der Waals surface area contributed by atoms with Crippen LogP contribution in [0.1, 0.15) is 23.6 Å². The summed E-state index contributed by atoms with van der Waals surface area (Å²) >= 11 is 0. The van der Waals surface area contributed by atoms with Crippen LogP contribution in [-0.2, 0) is 5.41 Å². The van der Waals surface area contributed by atoms with Crippen molar-refractivity contribution in [2.24, 2.45) is 0 Å². The van der Waals surface area contributed by atoms with E-state index in [1.807, 2.05) is 0 Å². The largest absolute Gasteiger partial charge is 0.310 e. The second-order valence-corrected chi connectivity index (χ2v) is 16.9. The Labute approximate surface area is 368 Å². The molecule has 1 nitrogen and oxygen atoms in total. The number of nitrogens with zero attached hydrogens (tertiary/aromatic N) is 1. The van der Waals surface area contributed by atoms with Crippen molar-refractivity contribution >= 4 is 49.4 Å². The monoisotopic (exact) mass is 801 g/mol. The predicted octanol–water partition coefficient (Wildman–Crippen LogP) is 17.0. The summed E-state index contributed by atoms with van der Waals surface area (Å²) in [5.74, 6) is 0. The SMILES string of the molecule is CC1(c2ccccc2)c2ccccc2-c2c(N(c3ccc(-c4cccc5ccccc45)cc3)c3ccc4c(c3)c(-c3ccccc3)c(-c3ccccc3)c3ccccc34)cccc21. The molecule has 1 heteroatoms. The highest BCUT2D eigenvalue weighted by atomic mass is 15.1. The van der Waals surface area contributed by atoms with Crippen molar-refractivity contribution in [1.29, 1.82) is 0 Å². The van der Waals surface area contributed by atoms with Gasteiger partial charge in [0.15, 0.2) is 0 Å². The third-order valence-corrected chi connectivity index (χ3v) is 13.5. The van der Waals surface area contributed by atoms with Gasteiger partial charge in [0.25, 0.3) is 0 Å². The lowest BCUT2D eigenvalue weighted by atomic mass is 9.74. The summed E-state index contributed by atoms with van der Waals surface area (Å²) < 4.78 is 0. The molecular weight excluding hydrogens is 759 g/mol. The van der Waals surface area contributed by atoms with Gasteiger partial charge in [0.2, 0.25) is 0 Å². The molecule has 1 atom stereocenters. The van der Waals surface area contributed by atoms with E-state index in [-0.39, 0.29) is 5.41 Å². The van der Waals surface area contributed by atoms with Crippen molar-refractivity contribution in [1.82, 2.24) is 0 Å². The molecule has 0 radical (unpaired) electrons. The molecule has 63 heavy (non-hydrogen) atoms. The molecule has 0 amide bonds. The summed E-state index contributed by atoms with van der Waals surface area (Å²) in [6.45, 7) is 2.40. The summed E-state index contributed by atoms with van der Waals surface area (Å²) in [7, 11) is 0. The topological polar surface area (TPSA) is 3.24 Å². The Morgan fingerprint density at radius 3 is 1.59 bits per heavy atom. The minimum Gasteiger partial charge on any atom is -0.310 e. The average Bonchev–Trinajstić information content (AvgIpc) is 3.63. The van der Waals surface area contributed by atoms with Gasteiger partial charge in [-0.05, 0) is 125 Å². The van der Waals surface area contributed by atoms with Crippen LogP contribution in [0.3, 0.4) is 0 Å². The van der Waals surface area contributed by atoms with Crippen molar-refractivity contribution in [3.8, 4) is 44.5 Å². The molecule has 1 unspecified atom stereocenters. The number of benzene rings is 11. The van der Waals surface area contributed by atoms with E-state index in [4.69, 9.17) is 0 Å². The maximum Gasteiger partial charge on any atom is 0.0543 e. The zero-order valence-corrected chi connectivity index (χ0v) is 35.0. The fourth-order valence-corrected chi connectivity index (χ4v) is 10.6. The van der Waals surface area contributed by atoms with Crippen LogP contribution in [0, 0.1) is 0 Å². The smallest absolute Gasteiger partial charge is 0.0543 e. The maximum absolute atomic E-state index is 2.50. The Bertz CT molecular complexity index is 3490. The number of hydrogen-bond acceptors (Lipinski definition) is 1. The second kappa shape index (κ2) is 14.9. The summed E-state index contributed by atoms with van der Waals surface area (Å²) in [5, 5.41) is 7.45. The van der Waals surface area contributed by atoms with E-state index in [0.717, 1.165) is 17.1 Å². The predicted molar refractivity (Wildman–Crippen MR) is 267 cm³/mol. The van der Waals surface area contributed by atoms with E-state index in [0.29, 0.717) is 0 Å². The molecule has 0 N–H and O–H groups in total. The van der Waals surface area contributed by atoms with Crippen LogP contribution >= 0.6 is 0 Å². The Morgan fingerprint density at radius 2 is 0.841 bits per heavy atom. The molecular formula is C62H43N. The summed E-state index contributed by atoms with van der Waals surface area (Å²) in [4.78, 5) is 2.50. The van der Waals surface area contributed by atoms with E-state index in [1.54, 1.807) is 0 Å². The van der Waals surface area contributed by atoms with Gasteiger partial charge < -0.3 is 4.90 Å². The Morgan fingerprint density at radius 1 is 0.317 bits per heavy atom. The van der Waals surface area contributed by atoms with Gasteiger partial charge in [-0.25, -0.2) is 0 Å².